The van der Waals surface area contributed by atoms with Gasteiger partial charge in [-0.1, -0.05) is 24.3 Å². The van der Waals surface area contributed by atoms with Gasteiger partial charge >= 0.3 is 11.9 Å². The van der Waals surface area contributed by atoms with E-state index >= 15 is 0 Å². The van der Waals surface area contributed by atoms with E-state index in [-0.39, 0.29) is 22.6 Å². The number of amides is 1. The monoisotopic (exact) mass is 544 g/mol. The zero-order chi connectivity index (χ0) is 28.9. The predicted molar refractivity (Wildman–Crippen MR) is 155 cm³/mol. The number of rotatable bonds is 7. The fourth-order valence-corrected chi connectivity index (χ4v) is 4.69. The van der Waals surface area contributed by atoms with Crippen molar-refractivity contribution in [1.29, 1.82) is 0 Å². The fraction of sp³-hybridized carbons (Fsp3) is 0.344. The van der Waals surface area contributed by atoms with Crippen molar-refractivity contribution in [3.05, 3.63) is 71.8 Å². The average molecular weight is 545 g/mol. The Morgan fingerprint density at radius 2 is 1.57 bits per heavy atom. The summed E-state index contributed by atoms with van der Waals surface area (Å²) in [6, 6.07) is 17.8. The van der Waals surface area contributed by atoms with E-state index in [9.17, 15) is 14.4 Å². The van der Waals surface area contributed by atoms with Crippen molar-refractivity contribution in [2.24, 2.45) is 0 Å². The van der Waals surface area contributed by atoms with Crippen molar-refractivity contribution in [3.8, 4) is 22.6 Å². The number of esters is 2. The van der Waals surface area contributed by atoms with Gasteiger partial charge in [-0.25, -0.2) is 4.79 Å². The van der Waals surface area contributed by atoms with E-state index in [2.05, 4.69) is 10.2 Å². The largest absolute Gasteiger partial charge is 0.496 e. The number of benzene rings is 3. The Balaban J connectivity index is 1.76. The highest BCUT2D eigenvalue weighted by Crippen LogP contribution is 2.34. The van der Waals surface area contributed by atoms with Crippen molar-refractivity contribution in [3.63, 3.8) is 0 Å². The lowest BCUT2D eigenvalue weighted by molar-refractivity contribution is -0.131. The van der Waals surface area contributed by atoms with Crippen LogP contribution >= 0.6 is 0 Å². The van der Waals surface area contributed by atoms with E-state index in [1.54, 1.807) is 58.2 Å². The van der Waals surface area contributed by atoms with Crippen LogP contribution in [0.25, 0.3) is 11.1 Å². The van der Waals surface area contributed by atoms with E-state index < -0.39 is 23.4 Å². The van der Waals surface area contributed by atoms with Gasteiger partial charge in [-0.2, -0.15) is 0 Å². The predicted octanol–water partition coefficient (Wildman–Crippen LogP) is 6.49. The average Bonchev–Trinajstić information content (AvgIpc) is 2.92. The molecule has 8 heteroatoms. The van der Waals surface area contributed by atoms with Crippen molar-refractivity contribution >= 4 is 29.2 Å². The molecule has 1 fully saturated rings. The summed E-state index contributed by atoms with van der Waals surface area (Å²) in [4.78, 5) is 41.0. The summed E-state index contributed by atoms with van der Waals surface area (Å²) < 4.78 is 16.5. The van der Waals surface area contributed by atoms with Crippen LogP contribution in [0.2, 0.25) is 0 Å². The van der Waals surface area contributed by atoms with Gasteiger partial charge in [-0.05, 0) is 82.0 Å². The number of ether oxygens (including phenoxy) is 3. The Labute approximate surface area is 235 Å². The van der Waals surface area contributed by atoms with E-state index in [0.717, 1.165) is 42.7 Å². The van der Waals surface area contributed by atoms with Crippen LogP contribution < -0.4 is 19.7 Å². The maximum Gasteiger partial charge on any atom is 0.340 e. The highest BCUT2D eigenvalue weighted by molar-refractivity contribution is 6.10. The maximum absolute atomic E-state index is 13.8. The molecule has 1 N–H and O–H groups in total. The first-order valence-electron chi connectivity index (χ1n) is 13.5. The lowest BCUT2D eigenvalue weighted by atomic mass is 10.0. The zero-order valence-corrected chi connectivity index (χ0v) is 23.7. The normalized spacial score (nSPS) is 13.4. The van der Waals surface area contributed by atoms with Crippen LogP contribution in [0.5, 0.6) is 11.5 Å². The second-order valence-electron chi connectivity index (χ2n) is 10.7. The number of hydrogen-bond donors (Lipinski definition) is 1. The molecule has 0 radical (unpaired) electrons. The Hall–Kier alpha value is -4.33. The topological polar surface area (TPSA) is 94.2 Å². The first-order valence-corrected chi connectivity index (χ1v) is 13.5. The number of carbonyl (C=O) groups excluding carboxylic acids is 3. The van der Waals surface area contributed by atoms with Crippen LogP contribution in [-0.2, 0) is 9.53 Å². The number of nitrogens with one attached hydrogen (secondary N) is 1. The number of piperidine rings is 1. The van der Waals surface area contributed by atoms with Crippen molar-refractivity contribution in [2.75, 3.05) is 30.4 Å². The summed E-state index contributed by atoms with van der Waals surface area (Å²) in [5.41, 5.74) is 2.33. The standard InChI is InChI=1S/C32H36N2O6/c1-21(35)39-29-16-14-23(34-17-9-6-10-18-34)20-26(29)30(36)33-27-19-22(24-11-7-8-12-28(24)38-5)13-15-25(27)31(37)40-32(2,3)4/h7-8,11-16,19-20H,6,9-10,17-18H2,1-5H3,(H,33,36). The highest BCUT2D eigenvalue weighted by Gasteiger charge is 2.24. The zero-order valence-electron chi connectivity index (χ0n) is 23.7. The lowest BCUT2D eigenvalue weighted by Crippen LogP contribution is -2.29. The van der Waals surface area contributed by atoms with Gasteiger partial charge in [0.1, 0.15) is 17.1 Å². The number of anilines is 2. The molecule has 0 spiro atoms. The van der Waals surface area contributed by atoms with Crippen LogP contribution in [0, 0.1) is 0 Å². The van der Waals surface area contributed by atoms with E-state index in [1.807, 2.05) is 30.3 Å². The summed E-state index contributed by atoms with van der Waals surface area (Å²) in [7, 11) is 1.59. The van der Waals surface area contributed by atoms with Crippen LogP contribution in [0.3, 0.4) is 0 Å². The van der Waals surface area contributed by atoms with Crippen LogP contribution in [0.4, 0.5) is 11.4 Å². The molecule has 1 heterocycles. The van der Waals surface area contributed by atoms with Gasteiger partial charge in [0.05, 0.1) is 23.9 Å². The molecule has 3 aromatic rings. The van der Waals surface area contributed by atoms with Crippen molar-refractivity contribution < 1.29 is 28.6 Å². The molecular weight excluding hydrogens is 508 g/mol. The molecule has 0 aromatic heterocycles. The third-order valence-electron chi connectivity index (χ3n) is 6.49. The number of carbonyl (C=O) groups is 3. The van der Waals surface area contributed by atoms with Gasteiger partial charge in [0.25, 0.3) is 5.91 Å². The summed E-state index contributed by atoms with van der Waals surface area (Å²) in [5.74, 6) is -0.831. The smallest absolute Gasteiger partial charge is 0.340 e. The molecular formula is C32H36N2O6. The molecule has 210 valence electrons. The molecule has 4 rings (SSSR count). The molecule has 0 atom stereocenters. The molecule has 1 saturated heterocycles. The Morgan fingerprint density at radius 3 is 2.25 bits per heavy atom. The van der Waals surface area contributed by atoms with Gasteiger partial charge < -0.3 is 24.4 Å². The lowest BCUT2D eigenvalue weighted by Gasteiger charge is -2.29. The van der Waals surface area contributed by atoms with Crippen molar-refractivity contribution in [2.45, 2.75) is 52.6 Å². The van der Waals surface area contributed by atoms with Crippen molar-refractivity contribution in [1.82, 2.24) is 0 Å². The minimum Gasteiger partial charge on any atom is -0.496 e. The summed E-state index contributed by atoms with van der Waals surface area (Å²) in [6.45, 7) is 8.41. The Kier molecular flexibility index (Phi) is 8.77. The van der Waals surface area contributed by atoms with Gasteiger partial charge in [0.2, 0.25) is 0 Å². The number of para-hydroxylation sites is 1. The number of nitrogens with zero attached hydrogens (tertiary/aromatic N) is 1. The minimum atomic E-state index is -0.731. The summed E-state index contributed by atoms with van der Waals surface area (Å²) in [5, 5.41) is 2.89. The first-order chi connectivity index (χ1) is 19.1. The molecule has 3 aromatic carbocycles. The highest BCUT2D eigenvalue weighted by atomic mass is 16.6. The molecule has 0 bridgehead atoms. The van der Waals surface area contributed by atoms with Gasteiger partial charge in [-0.15, -0.1) is 0 Å². The van der Waals surface area contributed by atoms with Gasteiger partial charge in [0, 0.05) is 31.3 Å². The van der Waals surface area contributed by atoms with Crippen LogP contribution in [0.15, 0.2) is 60.7 Å². The Morgan fingerprint density at radius 1 is 0.850 bits per heavy atom. The minimum absolute atomic E-state index is 0.144. The molecule has 1 aliphatic heterocycles. The van der Waals surface area contributed by atoms with E-state index in [0.29, 0.717) is 5.75 Å². The van der Waals surface area contributed by atoms with E-state index in [4.69, 9.17) is 14.2 Å². The molecule has 0 unspecified atom stereocenters. The third kappa shape index (κ3) is 7.00. The summed E-state index contributed by atoms with van der Waals surface area (Å²) in [6.07, 6.45) is 3.32. The molecule has 0 saturated carbocycles. The fourth-order valence-electron chi connectivity index (χ4n) is 4.69. The van der Waals surface area contributed by atoms with E-state index in [1.165, 1.54) is 13.3 Å². The molecule has 0 aliphatic carbocycles. The Bertz CT molecular complexity index is 1400. The second-order valence-corrected chi connectivity index (χ2v) is 10.7. The molecule has 8 nitrogen and oxygen atoms in total. The number of methoxy groups -OCH3 is 1. The first kappa shape index (κ1) is 28.7. The molecule has 1 amide bonds. The second kappa shape index (κ2) is 12.2. The van der Waals surface area contributed by atoms with Crippen LogP contribution in [0.1, 0.15) is 67.7 Å². The quantitative estimate of drug-likeness (QED) is 0.269. The number of hydrogen-bond acceptors (Lipinski definition) is 7. The molecule has 40 heavy (non-hydrogen) atoms. The summed E-state index contributed by atoms with van der Waals surface area (Å²) >= 11 is 0. The molecule has 1 aliphatic rings. The van der Waals surface area contributed by atoms with Gasteiger partial charge in [-0.3, -0.25) is 9.59 Å². The third-order valence-corrected chi connectivity index (χ3v) is 6.49. The maximum atomic E-state index is 13.8. The van der Waals surface area contributed by atoms with Crippen LogP contribution in [-0.4, -0.2) is 43.6 Å². The van der Waals surface area contributed by atoms with Gasteiger partial charge in [0.15, 0.2) is 0 Å². The SMILES string of the molecule is COc1ccccc1-c1ccc(C(=O)OC(C)(C)C)c(NC(=O)c2cc(N3CCCCC3)ccc2OC(C)=O)c1.